The molecule has 0 aliphatic rings. The lowest BCUT2D eigenvalue weighted by Crippen LogP contribution is -2.28. The Kier molecular flexibility index (Phi) is 3.99. The van der Waals surface area contributed by atoms with Crippen molar-refractivity contribution in [3.63, 3.8) is 0 Å². The van der Waals surface area contributed by atoms with Gasteiger partial charge in [-0.15, -0.1) is 11.3 Å². The number of nitrogens with one attached hydrogen (secondary N) is 1. The SMILES string of the molecule is CC[C@H](C)CNS(=O)(=O)c1ccc2ncsc2c1. The molecule has 0 amide bonds. The van der Waals surface area contributed by atoms with Crippen LogP contribution in [0.2, 0.25) is 0 Å². The molecule has 2 rings (SSSR count). The van der Waals surface area contributed by atoms with Gasteiger partial charge in [-0.05, 0) is 24.1 Å². The molecule has 0 aliphatic carbocycles. The molecular formula is C12H16N2O2S2. The molecule has 1 N–H and O–H groups in total. The quantitative estimate of drug-likeness (QED) is 0.918. The van der Waals surface area contributed by atoms with Gasteiger partial charge < -0.3 is 0 Å². The van der Waals surface area contributed by atoms with E-state index in [2.05, 4.69) is 9.71 Å². The van der Waals surface area contributed by atoms with Crippen LogP contribution in [-0.4, -0.2) is 19.9 Å². The van der Waals surface area contributed by atoms with Gasteiger partial charge in [0, 0.05) is 6.54 Å². The second-order valence-electron chi connectivity index (χ2n) is 4.35. The molecule has 1 atom stereocenters. The molecule has 1 aromatic carbocycles. The Bertz CT molecular complexity index is 634. The zero-order chi connectivity index (χ0) is 13.2. The maximum Gasteiger partial charge on any atom is 0.240 e. The van der Waals surface area contributed by atoms with E-state index in [1.54, 1.807) is 23.7 Å². The summed E-state index contributed by atoms with van der Waals surface area (Å²) in [5.74, 6) is 0.340. The van der Waals surface area contributed by atoms with Crippen molar-refractivity contribution in [2.24, 2.45) is 5.92 Å². The summed E-state index contributed by atoms with van der Waals surface area (Å²) in [7, 11) is -3.41. The molecule has 0 radical (unpaired) electrons. The van der Waals surface area contributed by atoms with Crippen molar-refractivity contribution >= 4 is 31.6 Å². The van der Waals surface area contributed by atoms with E-state index in [1.165, 1.54) is 11.3 Å². The largest absolute Gasteiger partial charge is 0.245 e. The Morgan fingerprint density at radius 1 is 1.44 bits per heavy atom. The lowest BCUT2D eigenvalue weighted by molar-refractivity contribution is 0.528. The van der Waals surface area contributed by atoms with Gasteiger partial charge in [0.2, 0.25) is 10.0 Å². The molecule has 0 fully saturated rings. The minimum atomic E-state index is -3.41. The number of rotatable bonds is 5. The van der Waals surface area contributed by atoms with E-state index in [0.29, 0.717) is 17.4 Å². The number of fused-ring (bicyclic) bond motifs is 1. The first-order valence-corrected chi connectivity index (χ1v) is 8.22. The van der Waals surface area contributed by atoms with Crippen molar-refractivity contribution in [1.29, 1.82) is 0 Å². The topological polar surface area (TPSA) is 59.1 Å². The standard InChI is InChI=1S/C12H16N2O2S2/c1-3-9(2)7-14-18(15,16)10-4-5-11-12(6-10)17-8-13-11/h4-6,8-9,14H,3,7H2,1-2H3/t9-/m0/s1. The zero-order valence-electron chi connectivity index (χ0n) is 10.4. The van der Waals surface area contributed by atoms with Crippen molar-refractivity contribution in [2.45, 2.75) is 25.2 Å². The maximum absolute atomic E-state index is 12.1. The van der Waals surface area contributed by atoms with E-state index in [9.17, 15) is 8.42 Å². The van der Waals surface area contributed by atoms with Gasteiger partial charge in [0.1, 0.15) is 0 Å². The first-order chi connectivity index (χ1) is 8.53. The third-order valence-electron chi connectivity index (χ3n) is 2.93. The van der Waals surface area contributed by atoms with Crippen LogP contribution in [0, 0.1) is 5.92 Å². The molecule has 0 spiro atoms. The van der Waals surface area contributed by atoms with Crippen molar-refractivity contribution < 1.29 is 8.42 Å². The van der Waals surface area contributed by atoms with E-state index >= 15 is 0 Å². The Balaban J connectivity index is 2.23. The number of sulfonamides is 1. The van der Waals surface area contributed by atoms with Gasteiger partial charge >= 0.3 is 0 Å². The molecular weight excluding hydrogens is 268 g/mol. The number of thiazole rings is 1. The molecule has 1 heterocycles. The third-order valence-corrected chi connectivity index (χ3v) is 5.14. The maximum atomic E-state index is 12.1. The van der Waals surface area contributed by atoms with Gasteiger partial charge in [0.15, 0.2) is 0 Å². The van der Waals surface area contributed by atoms with Crippen molar-refractivity contribution in [1.82, 2.24) is 9.71 Å². The Morgan fingerprint density at radius 3 is 2.94 bits per heavy atom. The predicted molar refractivity (Wildman–Crippen MR) is 74.3 cm³/mol. The molecule has 0 saturated carbocycles. The van der Waals surface area contributed by atoms with Crippen molar-refractivity contribution in [3.05, 3.63) is 23.7 Å². The third kappa shape index (κ3) is 2.88. The summed E-state index contributed by atoms with van der Waals surface area (Å²) < 4.78 is 27.7. The lowest BCUT2D eigenvalue weighted by Gasteiger charge is -2.10. The Hall–Kier alpha value is -0.980. The molecule has 4 nitrogen and oxygen atoms in total. The van der Waals surface area contributed by atoms with Crippen LogP contribution in [0.25, 0.3) is 10.2 Å². The van der Waals surface area contributed by atoms with Crippen LogP contribution in [0.1, 0.15) is 20.3 Å². The smallest absolute Gasteiger partial charge is 0.240 e. The van der Waals surface area contributed by atoms with E-state index in [1.807, 2.05) is 13.8 Å². The van der Waals surface area contributed by atoms with Crippen LogP contribution < -0.4 is 4.72 Å². The number of benzene rings is 1. The van der Waals surface area contributed by atoms with E-state index in [-0.39, 0.29) is 0 Å². The highest BCUT2D eigenvalue weighted by Crippen LogP contribution is 2.21. The summed E-state index contributed by atoms with van der Waals surface area (Å²) in [5, 5.41) is 0. The Labute approximate surface area is 111 Å². The van der Waals surface area contributed by atoms with Gasteiger partial charge in [-0.2, -0.15) is 0 Å². The van der Waals surface area contributed by atoms with Gasteiger partial charge in [0.25, 0.3) is 0 Å². The van der Waals surface area contributed by atoms with Crippen molar-refractivity contribution in [2.75, 3.05) is 6.54 Å². The molecule has 0 aliphatic heterocycles. The fourth-order valence-corrected chi connectivity index (χ4v) is 3.46. The summed E-state index contributed by atoms with van der Waals surface area (Å²) in [6.07, 6.45) is 0.955. The number of hydrogen-bond acceptors (Lipinski definition) is 4. The van der Waals surface area contributed by atoms with Gasteiger partial charge in [-0.1, -0.05) is 20.3 Å². The highest BCUT2D eigenvalue weighted by Gasteiger charge is 2.15. The number of hydrogen-bond donors (Lipinski definition) is 1. The van der Waals surface area contributed by atoms with Crippen LogP contribution in [0.15, 0.2) is 28.6 Å². The average molecular weight is 284 g/mol. The number of aromatic nitrogens is 1. The fraction of sp³-hybridized carbons (Fsp3) is 0.417. The highest BCUT2D eigenvalue weighted by molar-refractivity contribution is 7.89. The second-order valence-corrected chi connectivity index (χ2v) is 7.00. The number of nitrogens with zero attached hydrogens (tertiary/aromatic N) is 1. The molecule has 0 bridgehead atoms. The Morgan fingerprint density at radius 2 is 2.22 bits per heavy atom. The molecule has 1 aromatic heterocycles. The first kappa shape index (κ1) is 13.5. The van der Waals surface area contributed by atoms with Crippen LogP contribution in [0.3, 0.4) is 0 Å². The summed E-state index contributed by atoms with van der Waals surface area (Å²) >= 11 is 1.44. The fourth-order valence-electron chi connectivity index (χ4n) is 1.48. The van der Waals surface area contributed by atoms with E-state index < -0.39 is 10.0 Å². The molecule has 6 heteroatoms. The minimum absolute atomic E-state index is 0.308. The second kappa shape index (κ2) is 5.34. The predicted octanol–water partition coefficient (Wildman–Crippen LogP) is 2.62. The zero-order valence-corrected chi connectivity index (χ0v) is 12.0. The summed E-state index contributed by atoms with van der Waals surface area (Å²) in [6.45, 7) is 4.54. The van der Waals surface area contributed by atoms with E-state index in [0.717, 1.165) is 16.6 Å². The summed E-state index contributed by atoms with van der Waals surface area (Å²) in [5.41, 5.74) is 2.55. The van der Waals surface area contributed by atoms with Crippen LogP contribution in [0.5, 0.6) is 0 Å². The van der Waals surface area contributed by atoms with Crippen LogP contribution in [0.4, 0.5) is 0 Å². The van der Waals surface area contributed by atoms with E-state index in [4.69, 9.17) is 0 Å². The van der Waals surface area contributed by atoms with Gasteiger partial charge in [-0.25, -0.2) is 18.1 Å². The van der Waals surface area contributed by atoms with Gasteiger partial charge in [-0.3, -0.25) is 0 Å². The molecule has 0 saturated heterocycles. The summed E-state index contributed by atoms with van der Waals surface area (Å²) in [4.78, 5) is 4.44. The highest BCUT2D eigenvalue weighted by atomic mass is 32.2. The normalized spacial score (nSPS) is 13.9. The lowest BCUT2D eigenvalue weighted by atomic mass is 10.1. The van der Waals surface area contributed by atoms with Gasteiger partial charge in [0.05, 0.1) is 20.6 Å². The molecule has 2 aromatic rings. The van der Waals surface area contributed by atoms with Crippen LogP contribution in [-0.2, 0) is 10.0 Å². The molecule has 0 unspecified atom stereocenters. The molecule has 98 valence electrons. The average Bonchev–Trinajstić information content (AvgIpc) is 2.83. The monoisotopic (exact) mass is 284 g/mol. The summed E-state index contributed by atoms with van der Waals surface area (Å²) in [6, 6.07) is 5.01. The first-order valence-electron chi connectivity index (χ1n) is 5.86. The van der Waals surface area contributed by atoms with Crippen molar-refractivity contribution in [3.8, 4) is 0 Å². The molecule has 18 heavy (non-hydrogen) atoms. The minimum Gasteiger partial charge on any atom is -0.245 e. The van der Waals surface area contributed by atoms with Crippen LogP contribution >= 0.6 is 11.3 Å².